The molecule has 1 saturated heterocycles. The maximum atomic E-state index is 11.5. The molecule has 4 nitrogen and oxygen atoms in total. The van der Waals surface area contributed by atoms with Crippen LogP contribution in [-0.4, -0.2) is 43.5 Å². The van der Waals surface area contributed by atoms with E-state index in [9.17, 15) is 4.79 Å². The van der Waals surface area contributed by atoms with Gasteiger partial charge in [-0.05, 0) is 74.0 Å². The minimum Gasteiger partial charge on any atom is -0.369 e. The summed E-state index contributed by atoms with van der Waals surface area (Å²) in [7, 11) is 0. The van der Waals surface area contributed by atoms with Crippen LogP contribution in [0.1, 0.15) is 35.1 Å². The topological polar surface area (TPSA) is 35.6 Å². The van der Waals surface area contributed by atoms with Crippen molar-refractivity contribution in [3.05, 3.63) is 58.7 Å². The third-order valence-corrected chi connectivity index (χ3v) is 6.29. The fraction of sp³-hybridized carbons (Fsp3) is 0.458. The summed E-state index contributed by atoms with van der Waals surface area (Å²) in [5, 5.41) is 2.97. The molecule has 29 heavy (non-hydrogen) atoms. The van der Waals surface area contributed by atoms with Gasteiger partial charge in [-0.1, -0.05) is 24.3 Å². The molecule has 2 aromatic carbocycles. The molecule has 2 aliphatic rings. The molecule has 0 unspecified atom stereocenters. The number of halogens is 1. The third kappa shape index (κ3) is 5.12. The average Bonchev–Trinajstić information content (AvgIpc) is 2.71. The maximum Gasteiger partial charge on any atom is 0.224 e. The van der Waals surface area contributed by atoms with Crippen LogP contribution in [0.5, 0.6) is 0 Å². The van der Waals surface area contributed by atoms with Gasteiger partial charge in [0.2, 0.25) is 5.91 Å². The summed E-state index contributed by atoms with van der Waals surface area (Å²) in [6.07, 6.45) is 3.78. The molecule has 0 atom stereocenters. The highest BCUT2D eigenvalue weighted by Crippen LogP contribution is 2.25. The van der Waals surface area contributed by atoms with Gasteiger partial charge < -0.3 is 10.2 Å². The van der Waals surface area contributed by atoms with Crippen LogP contribution in [0.3, 0.4) is 0 Å². The van der Waals surface area contributed by atoms with E-state index in [-0.39, 0.29) is 18.3 Å². The van der Waals surface area contributed by atoms with Crippen molar-refractivity contribution in [3.63, 3.8) is 0 Å². The van der Waals surface area contributed by atoms with E-state index in [1.165, 1.54) is 34.4 Å². The second-order valence-electron chi connectivity index (χ2n) is 8.19. The van der Waals surface area contributed by atoms with Crippen molar-refractivity contribution in [1.29, 1.82) is 0 Å². The molecule has 5 heteroatoms. The number of fused-ring (bicyclic) bond motifs is 1. The Kier molecular flexibility index (Phi) is 7.20. The Morgan fingerprint density at radius 1 is 1.00 bits per heavy atom. The lowest BCUT2D eigenvalue weighted by Crippen LogP contribution is -2.47. The summed E-state index contributed by atoms with van der Waals surface area (Å²) in [6, 6.07) is 13.2. The molecule has 2 aromatic rings. The van der Waals surface area contributed by atoms with Crippen molar-refractivity contribution in [1.82, 2.24) is 4.90 Å². The molecule has 1 fully saturated rings. The number of amides is 1. The summed E-state index contributed by atoms with van der Waals surface area (Å²) in [4.78, 5) is 16.6. The quantitative estimate of drug-likeness (QED) is 0.790. The Morgan fingerprint density at radius 3 is 2.59 bits per heavy atom. The molecule has 4 rings (SSSR count). The second kappa shape index (κ2) is 9.64. The Bertz CT molecular complexity index is 859. The normalized spacial score (nSPS) is 16.8. The van der Waals surface area contributed by atoms with Crippen molar-refractivity contribution in [2.24, 2.45) is 0 Å². The lowest BCUT2D eigenvalue weighted by atomic mass is 9.98. The first kappa shape index (κ1) is 21.7. The molecule has 0 aliphatic carbocycles. The second-order valence-corrected chi connectivity index (χ2v) is 8.19. The van der Waals surface area contributed by atoms with Crippen molar-refractivity contribution in [3.8, 4) is 0 Å². The van der Waals surface area contributed by atoms with Crippen LogP contribution in [0.2, 0.25) is 0 Å². The van der Waals surface area contributed by atoms with E-state index in [2.05, 4.69) is 65.4 Å². The summed E-state index contributed by atoms with van der Waals surface area (Å²) in [5.74, 6) is 0.139. The van der Waals surface area contributed by atoms with Gasteiger partial charge >= 0.3 is 0 Å². The number of carbonyl (C=O) groups excluding carboxylic acids is 1. The molecule has 2 aliphatic heterocycles. The summed E-state index contributed by atoms with van der Waals surface area (Å²) >= 11 is 0. The number of hydrogen-bond acceptors (Lipinski definition) is 3. The zero-order valence-electron chi connectivity index (χ0n) is 17.5. The van der Waals surface area contributed by atoms with E-state index in [1.807, 2.05) is 0 Å². The number of piperazine rings is 1. The van der Waals surface area contributed by atoms with Gasteiger partial charge in [0, 0.05) is 44.0 Å². The number of rotatable bonds is 5. The van der Waals surface area contributed by atoms with Gasteiger partial charge in [0.15, 0.2) is 0 Å². The number of aryl methyl sites for hydroxylation is 3. The van der Waals surface area contributed by atoms with Crippen LogP contribution in [0, 0.1) is 13.8 Å². The number of anilines is 2. The number of benzene rings is 2. The predicted molar refractivity (Wildman–Crippen MR) is 124 cm³/mol. The van der Waals surface area contributed by atoms with Crippen LogP contribution in [-0.2, 0) is 17.6 Å². The minimum atomic E-state index is 0. The van der Waals surface area contributed by atoms with E-state index in [0.717, 1.165) is 51.3 Å². The first-order valence-corrected chi connectivity index (χ1v) is 10.6. The van der Waals surface area contributed by atoms with E-state index in [1.54, 1.807) is 0 Å². The molecule has 0 saturated carbocycles. The first-order valence-electron chi connectivity index (χ1n) is 10.6. The molecule has 1 N–H and O–H groups in total. The summed E-state index contributed by atoms with van der Waals surface area (Å²) in [6.45, 7) is 10.1. The van der Waals surface area contributed by atoms with Crippen LogP contribution in [0.15, 0.2) is 36.4 Å². The minimum absolute atomic E-state index is 0. The first-order chi connectivity index (χ1) is 13.6. The Hall–Kier alpha value is -2.04. The molecule has 156 valence electrons. The monoisotopic (exact) mass is 413 g/mol. The summed E-state index contributed by atoms with van der Waals surface area (Å²) < 4.78 is 0. The van der Waals surface area contributed by atoms with Crippen LogP contribution in [0.4, 0.5) is 11.4 Å². The van der Waals surface area contributed by atoms with Crippen LogP contribution < -0.4 is 10.2 Å². The van der Waals surface area contributed by atoms with Crippen molar-refractivity contribution >= 4 is 29.7 Å². The summed E-state index contributed by atoms with van der Waals surface area (Å²) in [5.41, 5.74) is 7.88. The highest BCUT2D eigenvalue weighted by molar-refractivity contribution is 5.93. The molecule has 0 spiro atoms. The smallest absolute Gasteiger partial charge is 0.224 e. The number of nitrogens with one attached hydrogen (secondary N) is 1. The van der Waals surface area contributed by atoms with Crippen molar-refractivity contribution < 1.29 is 4.79 Å². The number of carbonyl (C=O) groups is 1. The van der Waals surface area contributed by atoms with Gasteiger partial charge in [-0.2, -0.15) is 0 Å². The van der Waals surface area contributed by atoms with Crippen molar-refractivity contribution in [2.45, 2.75) is 39.5 Å². The van der Waals surface area contributed by atoms with Gasteiger partial charge in [-0.15, -0.1) is 12.4 Å². The van der Waals surface area contributed by atoms with Crippen LogP contribution in [0.25, 0.3) is 0 Å². The molecular weight excluding hydrogens is 382 g/mol. The standard InChI is InChI=1S/C24H31N3O.ClH/c1-18-5-3-7-23(19(18)2)27-15-13-26(14-16-27)12-4-6-20-8-10-22-21(17-20)9-11-24(28)25-22;/h3,5,7-8,10,17H,4,6,9,11-16H2,1-2H3,(H,25,28);1H. The number of nitrogens with zero attached hydrogens (tertiary/aromatic N) is 2. The van der Waals surface area contributed by atoms with Crippen molar-refractivity contribution in [2.75, 3.05) is 42.9 Å². The van der Waals surface area contributed by atoms with E-state index in [4.69, 9.17) is 0 Å². The molecule has 1 amide bonds. The number of hydrogen-bond donors (Lipinski definition) is 1. The fourth-order valence-electron chi connectivity index (χ4n) is 4.39. The van der Waals surface area contributed by atoms with Gasteiger partial charge in [-0.3, -0.25) is 9.69 Å². The molecule has 0 bridgehead atoms. The molecule has 0 radical (unpaired) electrons. The predicted octanol–water partition coefficient (Wildman–Crippen LogP) is 4.36. The Morgan fingerprint density at radius 2 is 1.79 bits per heavy atom. The van der Waals surface area contributed by atoms with E-state index < -0.39 is 0 Å². The SMILES string of the molecule is Cc1cccc(N2CCN(CCCc3ccc4c(c3)CCC(=O)N4)CC2)c1C.Cl. The third-order valence-electron chi connectivity index (χ3n) is 6.29. The van der Waals surface area contributed by atoms with E-state index >= 15 is 0 Å². The molecular formula is C24H32ClN3O. The lowest BCUT2D eigenvalue weighted by molar-refractivity contribution is -0.116. The zero-order valence-corrected chi connectivity index (χ0v) is 18.4. The molecule has 2 heterocycles. The fourth-order valence-corrected chi connectivity index (χ4v) is 4.39. The molecule has 0 aromatic heterocycles. The highest BCUT2D eigenvalue weighted by atomic mass is 35.5. The Balaban J connectivity index is 0.00000240. The highest BCUT2D eigenvalue weighted by Gasteiger charge is 2.19. The lowest BCUT2D eigenvalue weighted by Gasteiger charge is -2.37. The van der Waals surface area contributed by atoms with Gasteiger partial charge in [0.05, 0.1) is 0 Å². The van der Waals surface area contributed by atoms with E-state index in [0.29, 0.717) is 6.42 Å². The Labute approximate surface area is 180 Å². The van der Waals surface area contributed by atoms with Gasteiger partial charge in [0.25, 0.3) is 0 Å². The van der Waals surface area contributed by atoms with Gasteiger partial charge in [-0.25, -0.2) is 0 Å². The average molecular weight is 414 g/mol. The van der Waals surface area contributed by atoms with Gasteiger partial charge in [0.1, 0.15) is 0 Å². The largest absolute Gasteiger partial charge is 0.369 e. The zero-order chi connectivity index (χ0) is 19.5. The maximum absolute atomic E-state index is 11.5. The van der Waals surface area contributed by atoms with Crippen LogP contribution >= 0.6 is 12.4 Å².